The predicted octanol–water partition coefficient (Wildman–Crippen LogP) is 4.21. The molecule has 4 heterocycles. The van der Waals surface area contributed by atoms with Crippen molar-refractivity contribution in [1.82, 2.24) is 19.9 Å². The highest BCUT2D eigenvalue weighted by Gasteiger charge is 2.17. The molecule has 1 N–H and O–H groups in total. The highest BCUT2D eigenvalue weighted by atomic mass is 19.1. The Hall–Kier alpha value is -3.55. The van der Waals surface area contributed by atoms with Crippen molar-refractivity contribution in [2.75, 3.05) is 13.1 Å². The molecule has 1 saturated heterocycles. The Morgan fingerprint density at radius 1 is 0.971 bits per heavy atom. The third-order valence-corrected chi connectivity index (χ3v) is 6.22. The van der Waals surface area contributed by atoms with Gasteiger partial charge in [0.15, 0.2) is 5.78 Å². The first-order valence-electron chi connectivity index (χ1n) is 11.4. The Kier molecular flexibility index (Phi) is 6.38. The number of ketones is 1. The maximum Gasteiger partial charge on any atom is 0.168 e. The number of hydrogen-bond donors (Lipinski definition) is 1. The van der Waals surface area contributed by atoms with Crippen LogP contribution in [0.3, 0.4) is 0 Å². The van der Waals surface area contributed by atoms with Gasteiger partial charge in [-0.25, -0.2) is 4.39 Å². The summed E-state index contributed by atoms with van der Waals surface area (Å²) in [5.41, 5.74) is 3.95. The molecule has 1 aliphatic heterocycles. The number of nitrogens with zero attached hydrogens (tertiary/aromatic N) is 4. The predicted molar refractivity (Wildman–Crippen MR) is 128 cm³/mol. The van der Waals surface area contributed by atoms with Crippen molar-refractivity contribution >= 4 is 16.6 Å². The van der Waals surface area contributed by atoms with Gasteiger partial charge in [-0.1, -0.05) is 0 Å². The van der Waals surface area contributed by atoms with E-state index >= 15 is 0 Å². The molecule has 4 aromatic rings. The number of pyridine rings is 3. The molecule has 0 unspecified atom stereocenters. The molecule has 172 valence electrons. The summed E-state index contributed by atoms with van der Waals surface area (Å²) in [6, 6.07) is 11.6. The lowest BCUT2D eigenvalue weighted by Crippen LogP contribution is -2.35. The van der Waals surface area contributed by atoms with Crippen molar-refractivity contribution in [1.29, 1.82) is 0 Å². The number of aromatic nitrogens is 3. The number of carbonyl (C=O) groups excluding carboxylic acids is 1. The van der Waals surface area contributed by atoms with Crippen LogP contribution in [0.4, 0.5) is 4.39 Å². The topological polar surface area (TPSA) is 79.2 Å². The van der Waals surface area contributed by atoms with Gasteiger partial charge in [0, 0.05) is 66.6 Å². The van der Waals surface area contributed by atoms with Crippen LogP contribution in [0.1, 0.15) is 34.5 Å². The van der Waals surface area contributed by atoms with Gasteiger partial charge in [0.1, 0.15) is 5.82 Å². The molecular weight excluding hydrogens is 431 g/mol. The average Bonchev–Trinajstić information content (AvgIpc) is 2.85. The third kappa shape index (κ3) is 5.16. The van der Waals surface area contributed by atoms with Gasteiger partial charge in [-0.3, -0.25) is 24.6 Å². The van der Waals surface area contributed by atoms with Crippen LogP contribution < -0.4 is 0 Å². The summed E-state index contributed by atoms with van der Waals surface area (Å²) >= 11 is 0. The Labute approximate surface area is 197 Å². The number of carbonyl (C=O) groups is 1. The van der Waals surface area contributed by atoms with Gasteiger partial charge >= 0.3 is 0 Å². The molecule has 7 heteroatoms. The minimum atomic E-state index is -0.367. The zero-order valence-corrected chi connectivity index (χ0v) is 18.7. The van der Waals surface area contributed by atoms with Crippen molar-refractivity contribution in [3.05, 3.63) is 89.9 Å². The van der Waals surface area contributed by atoms with Crippen molar-refractivity contribution in [3.63, 3.8) is 0 Å². The summed E-state index contributed by atoms with van der Waals surface area (Å²) in [6.45, 7) is 2.55. The first-order valence-corrected chi connectivity index (χ1v) is 11.4. The summed E-state index contributed by atoms with van der Waals surface area (Å²) in [5, 5.41) is 11.6. The highest BCUT2D eigenvalue weighted by molar-refractivity contribution is 5.97. The zero-order valence-electron chi connectivity index (χ0n) is 18.7. The van der Waals surface area contributed by atoms with Gasteiger partial charge in [0.05, 0.1) is 18.2 Å². The molecule has 0 amide bonds. The van der Waals surface area contributed by atoms with Crippen LogP contribution in [0.25, 0.3) is 22.0 Å². The number of likely N-dealkylation sites (tertiary alicyclic amines) is 1. The molecule has 0 spiro atoms. The lowest BCUT2D eigenvalue weighted by atomic mass is 10.0. The Bertz CT molecular complexity index is 1320. The number of aliphatic hydroxyl groups is 1. The number of aliphatic hydroxyl groups excluding tert-OH is 1. The molecule has 1 fully saturated rings. The van der Waals surface area contributed by atoms with E-state index in [9.17, 15) is 14.3 Å². The summed E-state index contributed by atoms with van der Waals surface area (Å²) in [5.74, 6) is -0.475. The summed E-state index contributed by atoms with van der Waals surface area (Å²) in [6.07, 6.45) is 8.74. The largest absolute Gasteiger partial charge is 0.393 e. The van der Waals surface area contributed by atoms with Gasteiger partial charge in [-0.05, 0) is 66.3 Å². The maximum absolute atomic E-state index is 13.1. The minimum absolute atomic E-state index is 0.108. The maximum atomic E-state index is 13.1. The van der Waals surface area contributed by atoms with Gasteiger partial charge in [0.2, 0.25) is 0 Å². The normalized spacial score (nSPS) is 15.0. The number of piperidine rings is 1. The molecule has 0 radical (unpaired) electrons. The smallest absolute Gasteiger partial charge is 0.168 e. The van der Waals surface area contributed by atoms with E-state index in [1.54, 1.807) is 18.6 Å². The van der Waals surface area contributed by atoms with Gasteiger partial charge in [-0.2, -0.15) is 0 Å². The number of hydrogen-bond acceptors (Lipinski definition) is 6. The zero-order chi connectivity index (χ0) is 23.5. The van der Waals surface area contributed by atoms with Crippen LogP contribution in [0.2, 0.25) is 0 Å². The van der Waals surface area contributed by atoms with Gasteiger partial charge < -0.3 is 5.11 Å². The molecule has 3 aromatic heterocycles. The molecule has 0 saturated carbocycles. The second kappa shape index (κ2) is 9.75. The minimum Gasteiger partial charge on any atom is -0.393 e. The molecule has 1 aromatic carbocycles. The molecule has 0 atom stereocenters. The van der Waals surface area contributed by atoms with Crippen molar-refractivity contribution in [2.24, 2.45) is 0 Å². The molecule has 6 nitrogen and oxygen atoms in total. The molecule has 0 bridgehead atoms. The van der Waals surface area contributed by atoms with Crippen LogP contribution in [0.5, 0.6) is 0 Å². The lowest BCUT2D eigenvalue weighted by Gasteiger charge is -2.29. The highest BCUT2D eigenvalue weighted by Crippen LogP contribution is 2.24. The summed E-state index contributed by atoms with van der Waals surface area (Å²) in [4.78, 5) is 28.3. The van der Waals surface area contributed by atoms with Crippen LogP contribution in [0, 0.1) is 5.82 Å². The fourth-order valence-corrected chi connectivity index (χ4v) is 4.29. The second-order valence-electron chi connectivity index (χ2n) is 8.79. The molecule has 34 heavy (non-hydrogen) atoms. The standard InChI is InChI=1S/C27H25FN4O2/c28-23-3-1-19(2-4-23)27(34)12-24-10-20-11-26(31-16-22(20)15-30-24)21-9-18(13-29-14-21)17-32-7-5-25(33)6-8-32/h1-4,9-11,13-16,25,33H,5-8,12,17H2. The molecular formula is C27H25FN4O2. The van der Waals surface area contributed by atoms with E-state index in [4.69, 9.17) is 0 Å². The number of Topliss-reactive ketones (excluding diaryl/α,β-unsaturated/α-hetero) is 1. The second-order valence-corrected chi connectivity index (χ2v) is 8.79. The van der Waals surface area contributed by atoms with E-state index in [1.807, 2.05) is 18.3 Å². The van der Waals surface area contributed by atoms with Gasteiger partial charge in [-0.15, -0.1) is 0 Å². The first-order chi connectivity index (χ1) is 16.5. The average molecular weight is 457 g/mol. The van der Waals surface area contributed by atoms with E-state index in [2.05, 4.69) is 25.9 Å². The Morgan fingerprint density at radius 2 is 1.74 bits per heavy atom. The quantitative estimate of drug-likeness (QED) is 0.438. The van der Waals surface area contributed by atoms with E-state index < -0.39 is 0 Å². The lowest BCUT2D eigenvalue weighted by molar-refractivity contribution is 0.0792. The molecule has 5 rings (SSSR count). The van der Waals surface area contributed by atoms with E-state index in [0.29, 0.717) is 11.3 Å². The summed E-state index contributed by atoms with van der Waals surface area (Å²) in [7, 11) is 0. The van der Waals surface area contributed by atoms with Gasteiger partial charge in [0.25, 0.3) is 0 Å². The third-order valence-electron chi connectivity index (χ3n) is 6.22. The molecule has 0 aliphatic carbocycles. The number of benzene rings is 1. The van der Waals surface area contributed by atoms with E-state index in [1.165, 1.54) is 24.3 Å². The van der Waals surface area contributed by atoms with Crippen LogP contribution in [-0.4, -0.2) is 49.9 Å². The fourth-order valence-electron chi connectivity index (χ4n) is 4.29. The van der Waals surface area contributed by atoms with Crippen LogP contribution in [-0.2, 0) is 13.0 Å². The van der Waals surface area contributed by atoms with E-state index in [-0.39, 0.29) is 24.1 Å². The Balaban J connectivity index is 1.35. The van der Waals surface area contributed by atoms with E-state index in [0.717, 1.165) is 60.1 Å². The number of halogens is 1. The SMILES string of the molecule is O=C(Cc1cc2cc(-c3cncc(CN4CCC(O)CC4)c3)ncc2cn1)c1ccc(F)cc1. The van der Waals surface area contributed by atoms with Crippen molar-refractivity contribution in [3.8, 4) is 11.3 Å². The Morgan fingerprint density at radius 3 is 2.53 bits per heavy atom. The van der Waals surface area contributed by atoms with Crippen molar-refractivity contribution in [2.45, 2.75) is 31.9 Å². The summed E-state index contributed by atoms with van der Waals surface area (Å²) < 4.78 is 13.1. The fraction of sp³-hybridized carbons (Fsp3) is 0.259. The number of rotatable bonds is 6. The number of fused-ring (bicyclic) bond motifs is 1. The van der Waals surface area contributed by atoms with Crippen LogP contribution >= 0.6 is 0 Å². The molecule has 1 aliphatic rings. The monoisotopic (exact) mass is 456 g/mol. The van der Waals surface area contributed by atoms with Crippen LogP contribution in [0.15, 0.2) is 67.3 Å². The van der Waals surface area contributed by atoms with Crippen molar-refractivity contribution < 1.29 is 14.3 Å². The first kappa shape index (κ1) is 22.3.